The summed E-state index contributed by atoms with van der Waals surface area (Å²) < 4.78 is 19.7. The van der Waals surface area contributed by atoms with Crippen LogP contribution in [0.3, 0.4) is 0 Å². The van der Waals surface area contributed by atoms with Crippen LogP contribution in [-0.4, -0.2) is 6.29 Å². The average Bonchev–Trinajstić information content (AvgIpc) is 2.49. The lowest BCUT2D eigenvalue weighted by Gasteiger charge is -2.26. The highest BCUT2D eigenvalue weighted by atomic mass is 19.1. The van der Waals surface area contributed by atoms with E-state index in [4.69, 9.17) is 4.74 Å². The van der Waals surface area contributed by atoms with Crippen molar-refractivity contribution in [3.05, 3.63) is 65.0 Å². The zero-order valence-electron chi connectivity index (χ0n) is 11.0. The lowest BCUT2D eigenvalue weighted by atomic mass is 9.89. The van der Waals surface area contributed by atoms with Crippen molar-refractivity contribution >= 4 is 6.29 Å². The molecule has 2 nitrogen and oxygen atoms in total. The van der Waals surface area contributed by atoms with Gasteiger partial charge in [-0.2, -0.15) is 0 Å². The lowest BCUT2D eigenvalue weighted by molar-refractivity contribution is 0.112. The molecule has 0 bridgehead atoms. The van der Waals surface area contributed by atoms with E-state index in [1.165, 1.54) is 17.7 Å². The van der Waals surface area contributed by atoms with E-state index >= 15 is 0 Å². The molecule has 20 heavy (non-hydrogen) atoms. The van der Waals surface area contributed by atoms with Gasteiger partial charge in [0.25, 0.3) is 0 Å². The van der Waals surface area contributed by atoms with Crippen molar-refractivity contribution in [2.75, 3.05) is 0 Å². The van der Waals surface area contributed by atoms with Crippen LogP contribution in [0.15, 0.2) is 42.5 Å². The molecule has 0 radical (unpaired) electrons. The number of aldehydes is 1. The van der Waals surface area contributed by atoms with Gasteiger partial charge in [0.2, 0.25) is 0 Å². The van der Waals surface area contributed by atoms with Crippen LogP contribution in [0.25, 0.3) is 0 Å². The van der Waals surface area contributed by atoms with Crippen molar-refractivity contribution in [1.82, 2.24) is 0 Å². The van der Waals surface area contributed by atoms with Crippen LogP contribution in [0.1, 0.15) is 40.4 Å². The van der Waals surface area contributed by atoms with E-state index in [-0.39, 0.29) is 11.9 Å². The maximum atomic E-state index is 13.9. The van der Waals surface area contributed by atoms with E-state index in [1.807, 2.05) is 18.2 Å². The standard InChI is InChI=1S/C17H15FO2/c18-15-10-12(11-19)8-9-17(15)20-16-7-3-5-13-4-1-2-6-14(13)16/h1-2,4,6,8-11,16H,3,5,7H2. The summed E-state index contributed by atoms with van der Waals surface area (Å²) in [4.78, 5) is 10.6. The van der Waals surface area contributed by atoms with Gasteiger partial charge in [0.05, 0.1) is 0 Å². The summed E-state index contributed by atoms with van der Waals surface area (Å²) in [6.45, 7) is 0. The summed E-state index contributed by atoms with van der Waals surface area (Å²) in [5.74, 6) is -0.282. The van der Waals surface area contributed by atoms with E-state index in [0.717, 1.165) is 24.8 Å². The molecule has 0 saturated heterocycles. The van der Waals surface area contributed by atoms with Gasteiger partial charge in [-0.1, -0.05) is 24.3 Å². The summed E-state index contributed by atoms with van der Waals surface area (Å²) >= 11 is 0. The third kappa shape index (κ3) is 2.44. The Kier molecular flexibility index (Phi) is 3.50. The first kappa shape index (κ1) is 12.9. The zero-order chi connectivity index (χ0) is 13.9. The lowest BCUT2D eigenvalue weighted by Crippen LogP contribution is -2.15. The molecule has 1 unspecified atom stereocenters. The van der Waals surface area contributed by atoms with Crippen molar-refractivity contribution in [2.24, 2.45) is 0 Å². The highest BCUT2D eigenvalue weighted by Gasteiger charge is 2.22. The molecule has 3 heteroatoms. The molecular formula is C17H15FO2. The van der Waals surface area contributed by atoms with E-state index in [1.54, 1.807) is 6.07 Å². The van der Waals surface area contributed by atoms with Crippen LogP contribution in [0, 0.1) is 5.82 Å². The van der Waals surface area contributed by atoms with Crippen LogP contribution in [0.2, 0.25) is 0 Å². The molecule has 2 aromatic carbocycles. The minimum Gasteiger partial charge on any atom is -0.483 e. The molecule has 0 spiro atoms. The van der Waals surface area contributed by atoms with Crippen molar-refractivity contribution in [3.8, 4) is 5.75 Å². The normalized spacial score (nSPS) is 17.4. The van der Waals surface area contributed by atoms with Crippen molar-refractivity contribution in [2.45, 2.75) is 25.4 Å². The smallest absolute Gasteiger partial charge is 0.165 e. The van der Waals surface area contributed by atoms with E-state index in [0.29, 0.717) is 11.8 Å². The Morgan fingerprint density at radius 3 is 2.85 bits per heavy atom. The molecule has 0 amide bonds. The third-order valence-corrected chi connectivity index (χ3v) is 3.68. The van der Waals surface area contributed by atoms with E-state index in [2.05, 4.69) is 6.07 Å². The van der Waals surface area contributed by atoms with Gasteiger partial charge >= 0.3 is 0 Å². The molecule has 0 N–H and O–H groups in total. The molecule has 1 atom stereocenters. The van der Waals surface area contributed by atoms with Crippen molar-refractivity contribution < 1.29 is 13.9 Å². The maximum Gasteiger partial charge on any atom is 0.165 e. The van der Waals surface area contributed by atoms with E-state index < -0.39 is 5.82 Å². The van der Waals surface area contributed by atoms with Gasteiger partial charge < -0.3 is 4.74 Å². The molecule has 102 valence electrons. The van der Waals surface area contributed by atoms with Gasteiger partial charge in [-0.05, 0) is 48.6 Å². The summed E-state index contributed by atoms with van der Waals surface area (Å²) in [5.41, 5.74) is 2.73. The van der Waals surface area contributed by atoms with Crippen LogP contribution >= 0.6 is 0 Å². The second-order valence-electron chi connectivity index (χ2n) is 5.01. The highest BCUT2D eigenvalue weighted by Crippen LogP contribution is 2.34. The highest BCUT2D eigenvalue weighted by molar-refractivity contribution is 5.75. The van der Waals surface area contributed by atoms with Gasteiger partial charge in [-0.3, -0.25) is 4.79 Å². The summed E-state index contributed by atoms with van der Waals surface area (Å²) in [6.07, 6.45) is 3.48. The number of hydrogen-bond donors (Lipinski definition) is 0. The monoisotopic (exact) mass is 270 g/mol. The fourth-order valence-electron chi connectivity index (χ4n) is 2.67. The Labute approximate surface area is 117 Å². The van der Waals surface area contributed by atoms with Gasteiger partial charge in [-0.15, -0.1) is 0 Å². The molecule has 3 rings (SSSR count). The number of aryl methyl sites for hydroxylation is 1. The second kappa shape index (κ2) is 5.45. The number of rotatable bonds is 3. The first-order chi connectivity index (χ1) is 9.78. The average molecular weight is 270 g/mol. The van der Waals surface area contributed by atoms with Gasteiger partial charge in [-0.25, -0.2) is 4.39 Å². The Morgan fingerprint density at radius 1 is 1.20 bits per heavy atom. The van der Waals surface area contributed by atoms with Gasteiger partial charge in [0, 0.05) is 5.56 Å². The van der Waals surface area contributed by atoms with E-state index in [9.17, 15) is 9.18 Å². The number of carbonyl (C=O) groups excluding carboxylic acids is 1. The second-order valence-corrected chi connectivity index (χ2v) is 5.01. The summed E-state index contributed by atoms with van der Waals surface area (Å²) in [5, 5.41) is 0. The Bertz CT molecular complexity index is 637. The van der Waals surface area contributed by atoms with Gasteiger partial charge in [0.1, 0.15) is 12.4 Å². The molecule has 0 heterocycles. The molecule has 0 aromatic heterocycles. The predicted molar refractivity (Wildman–Crippen MR) is 74.5 cm³/mol. The van der Waals surface area contributed by atoms with Crippen LogP contribution in [0.5, 0.6) is 5.75 Å². The Morgan fingerprint density at radius 2 is 2.05 bits per heavy atom. The number of ether oxygens (including phenoxy) is 1. The minimum atomic E-state index is -0.488. The SMILES string of the molecule is O=Cc1ccc(OC2CCCc3ccccc32)c(F)c1. The first-order valence-electron chi connectivity index (χ1n) is 6.77. The molecule has 0 aliphatic heterocycles. The van der Waals surface area contributed by atoms with Crippen molar-refractivity contribution in [1.29, 1.82) is 0 Å². The number of halogens is 1. The fourth-order valence-corrected chi connectivity index (χ4v) is 2.67. The maximum absolute atomic E-state index is 13.9. The van der Waals surface area contributed by atoms with Gasteiger partial charge in [0.15, 0.2) is 11.6 Å². The molecule has 2 aromatic rings. The molecular weight excluding hydrogens is 255 g/mol. The molecule has 1 aliphatic carbocycles. The first-order valence-corrected chi connectivity index (χ1v) is 6.77. The number of carbonyl (C=O) groups is 1. The zero-order valence-corrected chi connectivity index (χ0v) is 11.0. The predicted octanol–water partition coefficient (Wildman–Crippen LogP) is 4.09. The van der Waals surface area contributed by atoms with Crippen LogP contribution in [-0.2, 0) is 6.42 Å². The Hall–Kier alpha value is -2.16. The third-order valence-electron chi connectivity index (χ3n) is 3.68. The van der Waals surface area contributed by atoms with Crippen LogP contribution in [0.4, 0.5) is 4.39 Å². The quantitative estimate of drug-likeness (QED) is 0.785. The molecule has 0 saturated carbocycles. The Balaban J connectivity index is 1.87. The fraction of sp³-hybridized carbons (Fsp3) is 0.235. The summed E-state index contributed by atoms with van der Waals surface area (Å²) in [7, 11) is 0. The number of benzene rings is 2. The number of hydrogen-bond acceptors (Lipinski definition) is 2. The largest absolute Gasteiger partial charge is 0.483 e. The summed E-state index contributed by atoms with van der Waals surface area (Å²) in [6, 6.07) is 12.4. The molecule has 0 fully saturated rings. The number of fused-ring (bicyclic) bond motifs is 1. The molecule has 1 aliphatic rings. The van der Waals surface area contributed by atoms with Crippen molar-refractivity contribution in [3.63, 3.8) is 0 Å². The minimum absolute atomic E-state index is 0.114. The van der Waals surface area contributed by atoms with Crippen LogP contribution < -0.4 is 4.74 Å². The topological polar surface area (TPSA) is 26.3 Å².